The number of nitrogens with two attached hydrogens (primary N) is 1. The minimum atomic E-state index is -0.295. The van der Waals surface area contributed by atoms with Crippen LogP contribution in [0.5, 0.6) is 11.5 Å². The predicted octanol–water partition coefficient (Wildman–Crippen LogP) is 2.64. The lowest BCUT2D eigenvalue weighted by Crippen LogP contribution is -2.29. The Labute approximate surface area is 178 Å². The number of aryl methyl sites for hydroxylation is 1. The molecule has 1 unspecified atom stereocenters. The molecule has 0 spiro atoms. The van der Waals surface area contributed by atoms with Crippen molar-refractivity contribution in [1.29, 1.82) is 0 Å². The third-order valence-electron chi connectivity index (χ3n) is 5.06. The molecule has 0 aliphatic carbocycles. The minimum Gasteiger partial charge on any atom is -0.493 e. The quantitative estimate of drug-likeness (QED) is 0.646. The summed E-state index contributed by atoms with van der Waals surface area (Å²) >= 11 is 1.27. The van der Waals surface area contributed by atoms with Crippen LogP contribution in [-0.4, -0.2) is 34.9 Å². The maximum absolute atomic E-state index is 12.0. The lowest BCUT2D eigenvalue weighted by Gasteiger charge is -2.22. The summed E-state index contributed by atoms with van der Waals surface area (Å²) in [4.78, 5) is 16.2. The number of methoxy groups -OCH3 is 2. The van der Waals surface area contributed by atoms with E-state index in [-0.39, 0.29) is 11.7 Å². The molecule has 0 bridgehead atoms. The van der Waals surface area contributed by atoms with Gasteiger partial charge in [0.05, 0.1) is 26.0 Å². The van der Waals surface area contributed by atoms with Crippen molar-refractivity contribution in [2.75, 3.05) is 25.0 Å². The number of nitrogens with zero attached hydrogens (tertiary/aromatic N) is 4. The van der Waals surface area contributed by atoms with Gasteiger partial charge >= 0.3 is 5.69 Å². The molecule has 0 radical (unpaired) electrons. The van der Waals surface area contributed by atoms with Crippen LogP contribution in [0, 0.1) is 0 Å². The molecule has 1 atom stereocenters. The van der Waals surface area contributed by atoms with E-state index in [1.54, 1.807) is 21.3 Å². The average Bonchev–Trinajstić information content (AvgIpc) is 2.99. The van der Waals surface area contributed by atoms with Crippen LogP contribution in [-0.2, 0) is 13.5 Å². The van der Waals surface area contributed by atoms with Gasteiger partial charge in [-0.1, -0.05) is 12.1 Å². The Morgan fingerprint density at radius 2 is 1.80 bits per heavy atom. The molecule has 30 heavy (non-hydrogen) atoms. The number of hydrogen-bond donors (Lipinski definition) is 1. The van der Waals surface area contributed by atoms with E-state index in [1.165, 1.54) is 15.5 Å². The van der Waals surface area contributed by atoms with Crippen molar-refractivity contribution in [1.82, 2.24) is 8.94 Å². The van der Waals surface area contributed by atoms with Crippen molar-refractivity contribution in [3.05, 3.63) is 63.6 Å². The van der Waals surface area contributed by atoms with E-state index >= 15 is 0 Å². The predicted molar refractivity (Wildman–Crippen MR) is 119 cm³/mol. The third kappa shape index (κ3) is 3.52. The van der Waals surface area contributed by atoms with Crippen molar-refractivity contribution in [2.45, 2.75) is 19.4 Å². The van der Waals surface area contributed by atoms with Crippen molar-refractivity contribution >= 4 is 28.1 Å². The van der Waals surface area contributed by atoms with Crippen LogP contribution in [0.4, 0.5) is 10.8 Å². The van der Waals surface area contributed by atoms with E-state index < -0.39 is 0 Å². The second-order valence-electron chi connectivity index (χ2n) is 7.10. The highest BCUT2D eigenvalue weighted by molar-refractivity contribution is 7.10. The number of rotatable bonds is 4. The Morgan fingerprint density at radius 1 is 1.13 bits per heavy atom. The number of anilines is 2. The third-order valence-corrected chi connectivity index (χ3v) is 5.94. The zero-order chi connectivity index (χ0) is 21.4. The monoisotopic (exact) mass is 425 g/mol. The maximum atomic E-state index is 12.0. The van der Waals surface area contributed by atoms with Crippen molar-refractivity contribution in [3.63, 3.8) is 0 Å². The lowest BCUT2D eigenvalue weighted by molar-refractivity contribution is 0.354. The van der Waals surface area contributed by atoms with Crippen molar-refractivity contribution < 1.29 is 9.47 Å². The normalized spacial score (nSPS) is 15.9. The van der Waals surface area contributed by atoms with Gasteiger partial charge in [-0.15, -0.1) is 0 Å². The first kappa shape index (κ1) is 20.0. The highest BCUT2D eigenvalue weighted by atomic mass is 32.1. The van der Waals surface area contributed by atoms with Gasteiger partial charge in [-0.2, -0.15) is 10.1 Å². The summed E-state index contributed by atoms with van der Waals surface area (Å²) < 4.78 is 12.5. The molecule has 0 saturated carbocycles. The fraction of sp³-hybridized carbons (Fsp3) is 0.286. The Morgan fingerprint density at radius 3 is 2.40 bits per heavy atom. The molecule has 8 nitrogen and oxygen atoms in total. The Hall–Kier alpha value is -3.33. The molecule has 9 heteroatoms. The van der Waals surface area contributed by atoms with Gasteiger partial charge in [0, 0.05) is 23.9 Å². The minimum absolute atomic E-state index is 0.0290. The summed E-state index contributed by atoms with van der Waals surface area (Å²) in [6, 6.07) is 11.5. The topological polar surface area (TPSA) is 95.0 Å². The van der Waals surface area contributed by atoms with Gasteiger partial charge in [0.2, 0.25) is 5.13 Å². The number of benzene rings is 2. The first-order valence-electron chi connectivity index (χ1n) is 9.44. The number of aromatic nitrogens is 2. The van der Waals surface area contributed by atoms with Gasteiger partial charge in [0.15, 0.2) is 11.5 Å². The number of nitrogen functional groups attached to an aromatic ring is 1. The van der Waals surface area contributed by atoms with Crippen LogP contribution in [0.25, 0.3) is 0 Å². The largest absolute Gasteiger partial charge is 0.493 e. The summed E-state index contributed by atoms with van der Waals surface area (Å²) in [5, 5.41) is 7.33. The summed E-state index contributed by atoms with van der Waals surface area (Å²) in [6.45, 7) is 2.06. The van der Waals surface area contributed by atoms with Gasteiger partial charge < -0.3 is 15.2 Å². The fourth-order valence-electron chi connectivity index (χ4n) is 3.49. The zero-order valence-corrected chi connectivity index (χ0v) is 18.1. The van der Waals surface area contributed by atoms with E-state index in [2.05, 4.69) is 11.9 Å². The Bertz CT molecular complexity index is 1170. The van der Waals surface area contributed by atoms with Gasteiger partial charge in [-0.3, -0.25) is 0 Å². The Balaban J connectivity index is 1.95. The molecule has 0 amide bonds. The lowest BCUT2D eigenvalue weighted by atomic mass is 9.94. The maximum Gasteiger partial charge on any atom is 0.359 e. The molecule has 0 saturated heterocycles. The molecule has 156 valence electrons. The molecular formula is C21H23N5O3S. The summed E-state index contributed by atoms with van der Waals surface area (Å²) in [6.07, 6.45) is 0.690. The highest BCUT2D eigenvalue weighted by Crippen LogP contribution is 2.35. The number of hydrazone groups is 1. The fourth-order valence-corrected chi connectivity index (χ4v) is 4.28. The summed E-state index contributed by atoms with van der Waals surface area (Å²) in [5.74, 6) is 1.29. The molecule has 4 rings (SSSR count). The molecule has 1 aliphatic heterocycles. The summed E-state index contributed by atoms with van der Waals surface area (Å²) in [5.41, 5.74) is 9.94. The SMILES string of the molecule is COc1cc2c(cc1OC)C(c1ccc(N)cc1)=NN(c1nc(=O)n(C)s1)C(C)C2. The molecule has 2 N–H and O–H groups in total. The molecule has 3 aromatic rings. The number of ether oxygens (including phenoxy) is 2. The van der Waals surface area contributed by atoms with E-state index in [4.69, 9.17) is 20.3 Å². The van der Waals surface area contributed by atoms with Crippen molar-refractivity contribution in [2.24, 2.45) is 12.1 Å². The first-order valence-corrected chi connectivity index (χ1v) is 10.2. The molecule has 1 aliphatic rings. The zero-order valence-electron chi connectivity index (χ0n) is 17.2. The molecule has 0 fully saturated rings. The van der Waals surface area contributed by atoms with E-state index in [0.717, 1.165) is 22.4 Å². The Kier molecular flexibility index (Phi) is 5.21. The van der Waals surface area contributed by atoms with Crippen LogP contribution >= 0.6 is 11.5 Å². The number of fused-ring (bicyclic) bond motifs is 1. The molecule has 1 aromatic heterocycles. The molecule has 2 aromatic carbocycles. The van der Waals surface area contributed by atoms with Crippen LogP contribution in [0.1, 0.15) is 23.6 Å². The average molecular weight is 426 g/mol. The highest BCUT2D eigenvalue weighted by Gasteiger charge is 2.28. The second kappa shape index (κ2) is 7.83. The van der Waals surface area contributed by atoms with E-state index in [9.17, 15) is 4.79 Å². The summed E-state index contributed by atoms with van der Waals surface area (Å²) in [7, 11) is 4.93. The van der Waals surface area contributed by atoms with Crippen molar-refractivity contribution in [3.8, 4) is 11.5 Å². The van der Waals surface area contributed by atoms with Crippen LogP contribution in [0.15, 0.2) is 46.3 Å². The van der Waals surface area contributed by atoms with Crippen LogP contribution in [0.3, 0.4) is 0 Å². The second-order valence-corrected chi connectivity index (χ2v) is 8.19. The van der Waals surface area contributed by atoms with Gasteiger partial charge in [0.1, 0.15) is 0 Å². The van der Waals surface area contributed by atoms with Crippen LogP contribution < -0.4 is 25.9 Å². The van der Waals surface area contributed by atoms with Gasteiger partial charge in [0.25, 0.3) is 0 Å². The molecular weight excluding hydrogens is 402 g/mol. The standard InChI is InChI=1S/C21H23N5O3S/c1-12-9-14-10-17(28-3)18(29-4)11-16(14)19(13-5-7-15(22)8-6-13)24-26(12)21-23-20(27)25(2)30-21/h5-8,10-12H,9,22H2,1-4H3. The van der Waals surface area contributed by atoms with Gasteiger partial charge in [-0.25, -0.2) is 13.8 Å². The van der Waals surface area contributed by atoms with E-state index in [1.807, 2.05) is 41.4 Å². The van der Waals surface area contributed by atoms with Gasteiger partial charge in [-0.05, 0) is 54.7 Å². The molecule has 2 heterocycles. The van der Waals surface area contributed by atoms with Crippen LogP contribution in [0.2, 0.25) is 0 Å². The first-order chi connectivity index (χ1) is 14.4. The van der Waals surface area contributed by atoms with E-state index in [0.29, 0.717) is 28.7 Å². The number of hydrogen-bond acceptors (Lipinski definition) is 8. The smallest absolute Gasteiger partial charge is 0.359 e.